The monoisotopic (exact) mass is 304 g/mol. The number of amides is 1. The summed E-state index contributed by atoms with van der Waals surface area (Å²) in [5, 5.41) is 10.6. The highest BCUT2D eigenvalue weighted by atomic mass is 19.1. The van der Waals surface area contributed by atoms with Crippen molar-refractivity contribution in [2.75, 3.05) is 13.7 Å². The topological polar surface area (TPSA) is 69.0 Å². The number of hydrogen-bond donors (Lipinski definition) is 1. The number of aromatic nitrogens is 3. The summed E-state index contributed by atoms with van der Waals surface area (Å²) in [4.78, 5) is 12.2. The summed E-state index contributed by atoms with van der Waals surface area (Å²) in [5.41, 5.74) is 1.79. The zero-order valence-electron chi connectivity index (χ0n) is 12.3. The smallest absolute Gasteiger partial charge is 0.273 e. The quantitative estimate of drug-likeness (QED) is 0.908. The average molecular weight is 304 g/mol. The van der Waals surface area contributed by atoms with Gasteiger partial charge in [-0.15, -0.1) is 5.10 Å². The number of methoxy groups -OCH3 is 1. The number of ether oxygens (including phenoxy) is 1. The predicted octanol–water partition coefficient (Wildman–Crippen LogP) is 1.48. The Balaban J connectivity index is 1.68. The van der Waals surface area contributed by atoms with Gasteiger partial charge in [0, 0.05) is 7.11 Å². The van der Waals surface area contributed by atoms with Gasteiger partial charge in [0.2, 0.25) is 0 Å². The molecule has 0 radical (unpaired) electrons. The number of carbonyl (C=O) groups excluding carboxylic acids is 1. The maximum atomic E-state index is 13.7. The maximum absolute atomic E-state index is 13.7. The minimum Gasteiger partial charge on any atom is -0.383 e. The highest BCUT2D eigenvalue weighted by Gasteiger charge is 2.27. The third kappa shape index (κ3) is 2.85. The molecule has 1 aliphatic rings. The van der Waals surface area contributed by atoms with Crippen molar-refractivity contribution >= 4 is 5.91 Å². The first-order valence-corrected chi connectivity index (χ1v) is 7.16. The number of fused-ring (bicyclic) bond motifs is 1. The van der Waals surface area contributed by atoms with Crippen LogP contribution in [-0.2, 0) is 17.7 Å². The van der Waals surface area contributed by atoms with E-state index in [1.54, 1.807) is 24.1 Å². The molecule has 1 heterocycles. The van der Waals surface area contributed by atoms with Gasteiger partial charge in [0.05, 0.1) is 25.4 Å². The third-order valence-corrected chi connectivity index (χ3v) is 3.81. The summed E-state index contributed by atoms with van der Waals surface area (Å²) in [6.07, 6.45) is 2.91. The molecule has 1 atom stereocenters. The molecule has 1 N–H and O–H groups in total. The first-order valence-electron chi connectivity index (χ1n) is 7.16. The van der Waals surface area contributed by atoms with Gasteiger partial charge in [0.1, 0.15) is 5.82 Å². The van der Waals surface area contributed by atoms with Crippen LogP contribution in [0.3, 0.4) is 0 Å². The van der Waals surface area contributed by atoms with E-state index in [-0.39, 0.29) is 23.5 Å². The van der Waals surface area contributed by atoms with Crippen LogP contribution in [-0.4, -0.2) is 34.6 Å². The maximum Gasteiger partial charge on any atom is 0.273 e. The zero-order valence-corrected chi connectivity index (χ0v) is 12.3. The van der Waals surface area contributed by atoms with Crippen LogP contribution in [0.1, 0.15) is 34.1 Å². The Morgan fingerprint density at radius 2 is 2.41 bits per heavy atom. The summed E-state index contributed by atoms with van der Waals surface area (Å²) in [5.74, 6) is -0.509. The fourth-order valence-electron chi connectivity index (χ4n) is 2.69. The van der Waals surface area contributed by atoms with Gasteiger partial charge in [0.25, 0.3) is 5.91 Å². The lowest BCUT2D eigenvalue weighted by Crippen LogP contribution is -2.27. The standard InChI is InChI=1S/C15H17FN4O2/c1-22-8-7-20-9-14(18-19-20)15(21)17-13-6-5-10-11(13)3-2-4-12(10)16/h2-4,9,13H,5-8H2,1H3,(H,17,21). The first-order chi connectivity index (χ1) is 10.7. The molecule has 116 valence electrons. The lowest BCUT2D eigenvalue weighted by molar-refractivity contribution is 0.0931. The summed E-state index contributed by atoms with van der Waals surface area (Å²) in [6.45, 7) is 1.04. The van der Waals surface area contributed by atoms with Crippen LogP contribution >= 0.6 is 0 Å². The molecule has 2 aromatic rings. The normalized spacial score (nSPS) is 16.5. The van der Waals surface area contributed by atoms with Gasteiger partial charge < -0.3 is 10.1 Å². The molecule has 7 heteroatoms. The Kier molecular flexibility index (Phi) is 4.15. The molecule has 1 aliphatic carbocycles. The van der Waals surface area contributed by atoms with E-state index in [9.17, 15) is 9.18 Å². The van der Waals surface area contributed by atoms with E-state index in [1.165, 1.54) is 6.07 Å². The largest absolute Gasteiger partial charge is 0.383 e. The van der Waals surface area contributed by atoms with Gasteiger partial charge in [-0.1, -0.05) is 17.3 Å². The van der Waals surface area contributed by atoms with Crippen molar-refractivity contribution in [2.24, 2.45) is 0 Å². The van der Waals surface area contributed by atoms with Crippen molar-refractivity contribution in [3.63, 3.8) is 0 Å². The zero-order chi connectivity index (χ0) is 15.5. The molecule has 0 spiro atoms. The molecule has 0 saturated heterocycles. The molecule has 0 aliphatic heterocycles. The minimum atomic E-state index is -0.300. The molecule has 0 saturated carbocycles. The number of carbonyl (C=O) groups is 1. The van der Waals surface area contributed by atoms with Crippen molar-refractivity contribution in [3.05, 3.63) is 47.0 Å². The van der Waals surface area contributed by atoms with Crippen LogP contribution in [0.15, 0.2) is 24.4 Å². The van der Waals surface area contributed by atoms with Crippen LogP contribution in [0.4, 0.5) is 4.39 Å². The fraction of sp³-hybridized carbons (Fsp3) is 0.400. The van der Waals surface area contributed by atoms with Crippen molar-refractivity contribution in [2.45, 2.75) is 25.4 Å². The van der Waals surface area contributed by atoms with E-state index in [0.717, 1.165) is 5.56 Å². The van der Waals surface area contributed by atoms with Crippen LogP contribution in [0.2, 0.25) is 0 Å². The summed E-state index contributed by atoms with van der Waals surface area (Å²) < 4.78 is 20.2. The van der Waals surface area contributed by atoms with E-state index in [0.29, 0.717) is 31.6 Å². The first kappa shape index (κ1) is 14.6. The van der Waals surface area contributed by atoms with E-state index in [2.05, 4.69) is 15.6 Å². The van der Waals surface area contributed by atoms with Gasteiger partial charge in [-0.3, -0.25) is 4.79 Å². The molecule has 1 unspecified atom stereocenters. The second-order valence-corrected chi connectivity index (χ2v) is 5.23. The Labute approximate surface area is 127 Å². The molecule has 1 amide bonds. The molecule has 6 nitrogen and oxygen atoms in total. The van der Waals surface area contributed by atoms with Gasteiger partial charge >= 0.3 is 0 Å². The van der Waals surface area contributed by atoms with Gasteiger partial charge in [0.15, 0.2) is 5.69 Å². The Bertz CT molecular complexity index is 686. The summed E-state index contributed by atoms with van der Waals surface area (Å²) in [6, 6.07) is 4.79. The Morgan fingerprint density at radius 3 is 3.23 bits per heavy atom. The predicted molar refractivity (Wildman–Crippen MR) is 76.8 cm³/mol. The van der Waals surface area contributed by atoms with E-state index < -0.39 is 0 Å². The van der Waals surface area contributed by atoms with E-state index >= 15 is 0 Å². The summed E-state index contributed by atoms with van der Waals surface area (Å²) >= 11 is 0. The average Bonchev–Trinajstić information content (AvgIpc) is 3.13. The number of halogens is 1. The van der Waals surface area contributed by atoms with Gasteiger partial charge in [-0.05, 0) is 30.0 Å². The number of benzene rings is 1. The summed E-state index contributed by atoms with van der Waals surface area (Å²) in [7, 11) is 1.60. The van der Waals surface area contributed by atoms with E-state index in [4.69, 9.17) is 4.74 Å². The second kappa shape index (κ2) is 6.23. The number of nitrogens with zero attached hydrogens (tertiary/aromatic N) is 3. The lowest BCUT2D eigenvalue weighted by Gasteiger charge is -2.12. The van der Waals surface area contributed by atoms with Crippen molar-refractivity contribution in [1.29, 1.82) is 0 Å². The van der Waals surface area contributed by atoms with Crippen molar-refractivity contribution in [3.8, 4) is 0 Å². The highest BCUT2D eigenvalue weighted by molar-refractivity contribution is 5.92. The molecular weight excluding hydrogens is 287 g/mol. The molecule has 1 aromatic heterocycles. The lowest BCUT2D eigenvalue weighted by atomic mass is 10.1. The molecule has 0 fully saturated rings. The fourth-order valence-corrected chi connectivity index (χ4v) is 2.69. The van der Waals surface area contributed by atoms with Crippen molar-refractivity contribution < 1.29 is 13.9 Å². The number of hydrogen-bond acceptors (Lipinski definition) is 4. The van der Waals surface area contributed by atoms with Gasteiger partial charge in [-0.2, -0.15) is 0 Å². The van der Waals surface area contributed by atoms with Crippen LogP contribution in [0, 0.1) is 5.82 Å². The Hall–Kier alpha value is -2.28. The van der Waals surface area contributed by atoms with E-state index in [1.807, 2.05) is 6.07 Å². The number of nitrogens with one attached hydrogen (secondary N) is 1. The molecule has 3 rings (SSSR count). The molecule has 0 bridgehead atoms. The molecular formula is C15H17FN4O2. The Morgan fingerprint density at radius 1 is 1.55 bits per heavy atom. The highest BCUT2D eigenvalue weighted by Crippen LogP contribution is 2.32. The van der Waals surface area contributed by atoms with Crippen LogP contribution < -0.4 is 5.32 Å². The number of rotatable bonds is 5. The second-order valence-electron chi connectivity index (χ2n) is 5.23. The van der Waals surface area contributed by atoms with Crippen LogP contribution in [0.5, 0.6) is 0 Å². The molecule has 1 aromatic carbocycles. The third-order valence-electron chi connectivity index (χ3n) is 3.81. The minimum absolute atomic E-state index is 0.178. The van der Waals surface area contributed by atoms with Gasteiger partial charge in [-0.25, -0.2) is 9.07 Å². The van der Waals surface area contributed by atoms with Crippen LogP contribution in [0.25, 0.3) is 0 Å². The SMILES string of the molecule is COCCn1cc(C(=O)NC2CCc3c(F)cccc32)nn1. The molecule has 22 heavy (non-hydrogen) atoms. The van der Waals surface area contributed by atoms with Crippen molar-refractivity contribution in [1.82, 2.24) is 20.3 Å².